The number of carbonyl (C=O) groups is 1. The first-order valence-corrected chi connectivity index (χ1v) is 4.23. The van der Waals surface area contributed by atoms with Gasteiger partial charge in [0.1, 0.15) is 0 Å². The topological polar surface area (TPSA) is 55.1 Å². The van der Waals surface area contributed by atoms with Crippen LogP contribution in [-0.2, 0) is 4.79 Å². The molecule has 1 saturated carbocycles. The second-order valence-electron chi connectivity index (χ2n) is 3.33. The van der Waals surface area contributed by atoms with Gasteiger partial charge < -0.3 is 11.1 Å². The van der Waals surface area contributed by atoms with Gasteiger partial charge in [-0.2, -0.15) is 0 Å². The van der Waals surface area contributed by atoms with E-state index in [1.165, 1.54) is 19.3 Å². The Hall–Kier alpha value is -0.570. The van der Waals surface area contributed by atoms with Crippen molar-refractivity contribution < 1.29 is 4.79 Å². The van der Waals surface area contributed by atoms with Gasteiger partial charge in [-0.25, -0.2) is 0 Å². The minimum absolute atomic E-state index is 0.0306. The van der Waals surface area contributed by atoms with Gasteiger partial charge in [0.15, 0.2) is 0 Å². The van der Waals surface area contributed by atoms with E-state index in [1.807, 2.05) is 0 Å². The fourth-order valence-electron chi connectivity index (χ4n) is 1.10. The van der Waals surface area contributed by atoms with Gasteiger partial charge in [-0.05, 0) is 25.7 Å². The van der Waals surface area contributed by atoms with E-state index in [4.69, 9.17) is 5.73 Å². The average Bonchev–Trinajstić information content (AvgIpc) is 1.83. The van der Waals surface area contributed by atoms with Crippen LogP contribution in [-0.4, -0.2) is 18.5 Å². The zero-order chi connectivity index (χ0) is 8.27. The lowest BCUT2D eigenvalue weighted by Crippen LogP contribution is -2.41. The van der Waals surface area contributed by atoms with Crippen LogP contribution in [0.4, 0.5) is 0 Å². The van der Waals surface area contributed by atoms with Gasteiger partial charge in [0.25, 0.3) is 0 Å². The molecule has 3 heteroatoms. The van der Waals surface area contributed by atoms with Crippen LogP contribution in [0, 0.1) is 5.92 Å². The first-order valence-electron chi connectivity index (χ1n) is 4.23. The molecule has 64 valence electrons. The summed E-state index contributed by atoms with van der Waals surface area (Å²) in [4.78, 5) is 11.0. The number of nitrogens with two attached hydrogens (primary N) is 1. The summed E-state index contributed by atoms with van der Waals surface area (Å²) in [5.74, 6) is 0.689. The van der Waals surface area contributed by atoms with Gasteiger partial charge in [0.2, 0.25) is 5.91 Å². The van der Waals surface area contributed by atoms with Crippen LogP contribution < -0.4 is 11.1 Å². The maximum absolute atomic E-state index is 11.0. The van der Waals surface area contributed by atoms with Crippen molar-refractivity contribution in [3.8, 4) is 0 Å². The molecule has 0 radical (unpaired) electrons. The molecule has 0 bridgehead atoms. The first-order chi connectivity index (χ1) is 5.20. The number of hydrogen-bond donors (Lipinski definition) is 2. The molecule has 1 rings (SSSR count). The Labute approximate surface area is 67.3 Å². The quantitative estimate of drug-likeness (QED) is 0.615. The molecular formula is C8H16N2O. The third kappa shape index (κ3) is 2.50. The molecule has 0 spiro atoms. The van der Waals surface area contributed by atoms with Gasteiger partial charge in [0, 0.05) is 6.54 Å². The van der Waals surface area contributed by atoms with Crippen LogP contribution in [0.2, 0.25) is 0 Å². The number of hydrogen-bond acceptors (Lipinski definition) is 2. The van der Waals surface area contributed by atoms with Gasteiger partial charge in [-0.1, -0.05) is 6.42 Å². The monoisotopic (exact) mass is 156 g/mol. The molecule has 0 aromatic rings. The predicted molar refractivity (Wildman–Crippen MR) is 44.0 cm³/mol. The van der Waals surface area contributed by atoms with E-state index >= 15 is 0 Å². The molecule has 1 unspecified atom stereocenters. The third-order valence-corrected chi connectivity index (χ3v) is 2.20. The summed E-state index contributed by atoms with van der Waals surface area (Å²) in [6.45, 7) is 2.52. The molecule has 1 aliphatic carbocycles. The minimum Gasteiger partial charge on any atom is -0.354 e. The molecule has 0 saturated heterocycles. The molecule has 0 aromatic heterocycles. The summed E-state index contributed by atoms with van der Waals surface area (Å²) < 4.78 is 0. The second kappa shape index (κ2) is 3.72. The smallest absolute Gasteiger partial charge is 0.236 e. The van der Waals surface area contributed by atoms with Crippen molar-refractivity contribution in [2.45, 2.75) is 32.2 Å². The average molecular weight is 156 g/mol. The summed E-state index contributed by atoms with van der Waals surface area (Å²) >= 11 is 0. The van der Waals surface area contributed by atoms with E-state index in [9.17, 15) is 4.79 Å². The number of rotatable bonds is 3. The van der Waals surface area contributed by atoms with Crippen molar-refractivity contribution in [2.75, 3.05) is 6.54 Å². The van der Waals surface area contributed by atoms with Crippen molar-refractivity contribution in [3.05, 3.63) is 0 Å². The van der Waals surface area contributed by atoms with E-state index in [1.54, 1.807) is 6.92 Å². The van der Waals surface area contributed by atoms with Crippen LogP contribution in [0.5, 0.6) is 0 Å². The maximum atomic E-state index is 11.0. The summed E-state index contributed by atoms with van der Waals surface area (Å²) in [5, 5.41) is 2.82. The summed E-state index contributed by atoms with van der Waals surface area (Å²) in [7, 11) is 0. The number of amides is 1. The fraction of sp³-hybridized carbons (Fsp3) is 0.875. The first kappa shape index (κ1) is 8.53. The van der Waals surface area contributed by atoms with E-state index in [0.717, 1.165) is 12.5 Å². The highest BCUT2D eigenvalue weighted by Crippen LogP contribution is 2.24. The SMILES string of the molecule is CC(N)C(=O)NCC1CCC1. The van der Waals surface area contributed by atoms with Crippen LogP contribution in [0.25, 0.3) is 0 Å². The van der Waals surface area contributed by atoms with Gasteiger partial charge in [0.05, 0.1) is 6.04 Å². The zero-order valence-electron chi connectivity index (χ0n) is 6.97. The molecule has 1 atom stereocenters. The Kier molecular flexibility index (Phi) is 2.88. The van der Waals surface area contributed by atoms with Crippen molar-refractivity contribution in [1.29, 1.82) is 0 Å². The molecule has 11 heavy (non-hydrogen) atoms. The molecule has 1 amide bonds. The van der Waals surface area contributed by atoms with Crippen LogP contribution >= 0.6 is 0 Å². The molecule has 3 nitrogen and oxygen atoms in total. The van der Waals surface area contributed by atoms with Gasteiger partial charge in [-0.15, -0.1) is 0 Å². The molecule has 0 heterocycles. The molecule has 0 aromatic carbocycles. The minimum atomic E-state index is -0.366. The molecule has 1 aliphatic rings. The normalized spacial score (nSPS) is 20.5. The Balaban J connectivity index is 2.06. The fourth-order valence-corrected chi connectivity index (χ4v) is 1.10. The van der Waals surface area contributed by atoms with E-state index in [0.29, 0.717) is 0 Å². The molecule has 3 N–H and O–H groups in total. The van der Waals surface area contributed by atoms with Crippen molar-refractivity contribution in [1.82, 2.24) is 5.32 Å². The van der Waals surface area contributed by atoms with E-state index < -0.39 is 0 Å². The maximum Gasteiger partial charge on any atom is 0.236 e. The Bertz CT molecular complexity index is 141. The lowest BCUT2D eigenvalue weighted by Gasteiger charge is -2.25. The Morgan fingerprint density at radius 3 is 2.73 bits per heavy atom. The standard InChI is InChI=1S/C8H16N2O/c1-6(9)8(11)10-5-7-3-2-4-7/h6-7H,2-5,9H2,1H3,(H,10,11). The zero-order valence-corrected chi connectivity index (χ0v) is 6.97. The lowest BCUT2D eigenvalue weighted by atomic mass is 9.85. The van der Waals surface area contributed by atoms with Crippen LogP contribution in [0.1, 0.15) is 26.2 Å². The highest BCUT2D eigenvalue weighted by molar-refractivity contribution is 5.80. The van der Waals surface area contributed by atoms with Crippen molar-refractivity contribution >= 4 is 5.91 Å². The third-order valence-electron chi connectivity index (χ3n) is 2.20. The van der Waals surface area contributed by atoms with E-state index in [2.05, 4.69) is 5.32 Å². The van der Waals surface area contributed by atoms with Crippen LogP contribution in [0.15, 0.2) is 0 Å². The summed E-state index contributed by atoms with van der Waals surface area (Å²) in [6, 6.07) is -0.366. The van der Waals surface area contributed by atoms with E-state index in [-0.39, 0.29) is 11.9 Å². The number of carbonyl (C=O) groups excluding carboxylic acids is 1. The largest absolute Gasteiger partial charge is 0.354 e. The summed E-state index contributed by atoms with van der Waals surface area (Å²) in [5.41, 5.74) is 5.37. The highest BCUT2D eigenvalue weighted by Gasteiger charge is 2.18. The molecule has 1 fully saturated rings. The molecule has 0 aliphatic heterocycles. The van der Waals surface area contributed by atoms with Gasteiger partial charge >= 0.3 is 0 Å². The Morgan fingerprint density at radius 2 is 2.36 bits per heavy atom. The highest BCUT2D eigenvalue weighted by atomic mass is 16.2. The second-order valence-corrected chi connectivity index (χ2v) is 3.33. The Morgan fingerprint density at radius 1 is 1.73 bits per heavy atom. The van der Waals surface area contributed by atoms with Gasteiger partial charge in [-0.3, -0.25) is 4.79 Å². The van der Waals surface area contributed by atoms with Crippen molar-refractivity contribution in [3.63, 3.8) is 0 Å². The predicted octanol–water partition coefficient (Wildman–Crippen LogP) is 0.250. The number of nitrogens with one attached hydrogen (secondary N) is 1. The van der Waals surface area contributed by atoms with Crippen molar-refractivity contribution in [2.24, 2.45) is 11.7 Å². The van der Waals surface area contributed by atoms with Crippen LogP contribution in [0.3, 0.4) is 0 Å². The summed E-state index contributed by atoms with van der Waals surface area (Å²) in [6.07, 6.45) is 3.84. The molecular weight excluding hydrogens is 140 g/mol. The lowest BCUT2D eigenvalue weighted by molar-refractivity contribution is -0.122.